The Balaban J connectivity index is 1.83. The lowest BCUT2D eigenvalue weighted by Crippen LogP contribution is -2.25. The van der Waals surface area contributed by atoms with Crippen molar-refractivity contribution in [3.63, 3.8) is 0 Å². The molecule has 0 fully saturated rings. The van der Waals surface area contributed by atoms with E-state index in [0.717, 1.165) is 35.9 Å². The number of ether oxygens (including phenoxy) is 3. The Kier molecular flexibility index (Phi) is 9.97. The van der Waals surface area contributed by atoms with Crippen LogP contribution in [0.4, 0.5) is 0 Å². The van der Waals surface area contributed by atoms with Gasteiger partial charge in [0.25, 0.3) is 0 Å². The minimum atomic E-state index is 0.0159. The van der Waals surface area contributed by atoms with Gasteiger partial charge in [-0.15, -0.1) is 10.2 Å². The summed E-state index contributed by atoms with van der Waals surface area (Å²) in [6.07, 6.45) is 4.59. The summed E-state index contributed by atoms with van der Waals surface area (Å²) >= 11 is 1.61. The minimum Gasteiger partial charge on any atom is -0.493 e. The van der Waals surface area contributed by atoms with Crippen molar-refractivity contribution in [1.29, 1.82) is 0 Å². The average Bonchev–Trinajstić information content (AvgIpc) is 3.15. The maximum absolute atomic E-state index is 12.3. The first-order chi connectivity index (χ1) is 14.9. The highest BCUT2D eigenvalue weighted by atomic mass is 32.2. The van der Waals surface area contributed by atoms with Crippen molar-refractivity contribution in [3.8, 4) is 17.2 Å². The van der Waals surface area contributed by atoms with E-state index in [0.29, 0.717) is 42.6 Å². The van der Waals surface area contributed by atoms with Crippen LogP contribution in [0.1, 0.15) is 38.1 Å². The van der Waals surface area contributed by atoms with E-state index in [1.807, 2.05) is 18.4 Å². The molecule has 0 unspecified atom stereocenters. The zero-order chi connectivity index (χ0) is 22.8. The molecule has 1 aromatic carbocycles. The molecule has 0 spiro atoms. The summed E-state index contributed by atoms with van der Waals surface area (Å²) in [4.78, 5) is 12.3. The van der Waals surface area contributed by atoms with Gasteiger partial charge in [-0.1, -0.05) is 25.6 Å². The van der Waals surface area contributed by atoms with Gasteiger partial charge in [-0.2, -0.15) is 0 Å². The fourth-order valence-corrected chi connectivity index (χ4v) is 3.83. The number of thioether (sulfide) groups is 1. The van der Waals surface area contributed by atoms with Crippen molar-refractivity contribution in [3.05, 3.63) is 23.5 Å². The molecule has 8 nitrogen and oxygen atoms in total. The zero-order valence-corrected chi connectivity index (χ0v) is 20.2. The molecule has 1 amide bonds. The Hall–Kier alpha value is -2.42. The molecule has 172 valence electrons. The quantitative estimate of drug-likeness (QED) is 0.370. The van der Waals surface area contributed by atoms with Crippen LogP contribution < -0.4 is 19.5 Å². The molecule has 1 N–H and O–H groups in total. The summed E-state index contributed by atoms with van der Waals surface area (Å²) < 4.78 is 18.3. The third kappa shape index (κ3) is 7.05. The molecule has 0 aliphatic carbocycles. The van der Waals surface area contributed by atoms with Crippen LogP contribution in [0.25, 0.3) is 0 Å². The molecular weight excluding hydrogens is 416 g/mol. The number of nitrogens with zero attached hydrogens (tertiary/aromatic N) is 3. The Bertz CT molecular complexity index is 829. The summed E-state index contributed by atoms with van der Waals surface area (Å²) in [6, 6.07) is 3.75. The third-order valence-corrected chi connectivity index (χ3v) is 5.46. The lowest BCUT2D eigenvalue weighted by Gasteiger charge is -2.14. The number of methoxy groups -OCH3 is 3. The first kappa shape index (κ1) is 24.8. The predicted octanol–water partition coefficient (Wildman–Crippen LogP) is 3.36. The number of aromatic nitrogens is 3. The maximum Gasteiger partial charge on any atom is 0.220 e. The van der Waals surface area contributed by atoms with Crippen LogP contribution in [0, 0.1) is 5.92 Å². The van der Waals surface area contributed by atoms with Gasteiger partial charge in [0.2, 0.25) is 11.7 Å². The second-order valence-electron chi connectivity index (χ2n) is 7.59. The van der Waals surface area contributed by atoms with Crippen molar-refractivity contribution < 1.29 is 19.0 Å². The Morgan fingerprint density at radius 3 is 2.32 bits per heavy atom. The standard InChI is InChI=1S/C22H34N4O4S/c1-15(2)14-26-19(24-25-22(26)31-6)8-7-11-23-20(27)10-9-16-12-17(28-3)21(30-5)18(13-16)29-4/h12-13,15H,7-11,14H2,1-6H3,(H,23,27). The molecule has 31 heavy (non-hydrogen) atoms. The molecule has 9 heteroatoms. The van der Waals surface area contributed by atoms with Crippen LogP contribution in [-0.4, -0.2) is 54.8 Å². The highest BCUT2D eigenvalue weighted by molar-refractivity contribution is 7.98. The van der Waals surface area contributed by atoms with E-state index in [-0.39, 0.29) is 5.91 Å². The summed E-state index contributed by atoms with van der Waals surface area (Å²) in [5.74, 6) is 3.25. The van der Waals surface area contributed by atoms with Crippen LogP contribution in [0.15, 0.2) is 17.3 Å². The Labute approximate surface area is 189 Å². The van der Waals surface area contributed by atoms with Gasteiger partial charge < -0.3 is 24.1 Å². The van der Waals surface area contributed by atoms with Crippen molar-refractivity contribution >= 4 is 17.7 Å². The Morgan fingerprint density at radius 1 is 1.10 bits per heavy atom. The topological polar surface area (TPSA) is 87.5 Å². The smallest absolute Gasteiger partial charge is 0.220 e. The van der Waals surface area contributed by atoms with Gasteiger partial charge in [0, 0.05) is 25.9 Å². The zero-order valence-electron chi connectivity index (χ0n) is 19.4. The van der Waals surface area contributed by atoms with Gasteiger partial charge >= 0.3 is 0 Å². The average molecular weight is 451 g/mol. The fraction of sp³-hybridized carbons (Fsp3) is 0.591. The number of hydrogen-bond acceptors (Lipinski definition) is 7. The van der Waals surface area contributed by atoms with Gasteiger partial charge in [0.1, 0.15) is 5.82 Å². The van der Waals surface area contributed by atoms with E-state index in [1.54, 1.807) is 33.1 Å². The van der Waals surface area contributed by atoms with Gasteiger partial charge in [-0.25, -0.2) is 0 Å². The second kappa shape index (κ2) is 12.4. The maximum atomic E-state index is 12.3. The molecule has 0 radical (unpaired) electrons. The van der Waals surface area contributed by atoms with Gasteiger partial charge in [-0.05, 0) is 42.7 Å². The summed E-state index contributed by atoms with van der Waals surface area (Å²) in [7, 11) is 4.73. The molecule has 0 aliphatic heterocycles. The number of amides is 1. The third-order valence-electron chi connectivity index (χ3n) is 4.79. The summed E-state index contributed by atoms with van der Waals surface area (Å²) in [5.41, 5.74) is 0.955. The first-order valence-corrected chi connectivity index (χ1v) is 11.7. The predicted molar refractivity (Wildman–Crippen MR) is 122 cm³/mol. The van der Waals surface area contributed by atoms with E-state index < -0.39 is 0 Å². The van der Waals surface area contributed by atoms with Crippen LogP contribution in [0.3, 0.4) is 0 Å². The molecule has 0 bridgehead atoms. The van der Waals surface area contributed by atoms with E-state index in [2.05, 4.69) is 33.9 Å². The molecule has 0 saturated heterocycles. The van der Waals surface area contributed by atoms with E-state index in [9.17, 15) is 4.79 Å². The number of aryl methyl sites for hydroxylation is 2. The number of benzene rings is 1. The van der Waals surface area contributed by atoms with E-state index in [1.165, 1.54) is 0 Å². The number of carbonyl (C=O) groups is 1. The number of carbonyl (C=O) groups excluding carboxylic acids is 1. The first-order valence-electron chi connectivity index (χ1n) is 10.4. The fourth-order valence-electron chi connectivity index (χ4n) is 3.30. The molecule has 0 atom stereocenters. The van der Waals surface area contributed by atoms with Crippen molar-refractivity contribution in [2.75, 3.05) is 34.1 Å². The number of nitrogens with one attached hydrogen (secondary N) is 1. The van der Waals surface area contributed by atoms with Crippen molar-refractivity contribution in [1.82, 2.24) is 20.1 Å². The van der Waals surface area contributed by atoms with Crippen LogP contribution in [-0.2, 0) is 24.2 Å². The van der Waals surface area contributed by atoms with Crippen LogP contribution in [0.5, 0.6) is 17.2 Å². The lowest BCUT2D eigenvalue weighted by molar-refractivity contribution is -0.121. The molecule has 0 aliphatic rings. The minimum absolute atomic E-state index is 0.0159. The normalized spacial score (nSPS) is 10.9. The number of rotatable bonds is 13. The van der Waals surface area contributed by atoms with Crippen LogP contribution in [0.2, 0.25) is 0 Å². The molecule has 0 saturated carbocycles. The molecular formula is C22H34N4O4S. The van der Waals surface area contributed by atoms with Crippen LogP contribution >= 0.6 is 11.8 Å². The SMILES string of the molecule is COc1cc(CCC(=O)NCCCc2nnc(SC)n2CC(C)C)cc(OC)c1OC. The van der Waals surface area contributed by atoms with Crippen molar-refractivity contribution in [2.45, 2.75) is 51.2 Å². The highest BCUT2D eigenvalue weighted by Crippen LogP contribution is 2.38. The molecule has 2 rings (SSSR count). The van der Waals surface area contributed by atoms with E-state index >= 15 is 0 Å². The molecule has 2 aromatic rings. The Morgan fingerprint density at radius 2 is 1.77 bits per heavy atom. The highest BCUT2D eigenvalue weighted by Gasteiger charge is 2.15. The summed E-state index contributed by atoms with van der Waals surface area (Å²) in [6.45, 7) is 5.88. The van der Waals surface area contributed by atoms with Gasteiger partial charge in [0.05, 0.1) is 21.3 Å². The van der Waals surface area contributed by atoms with Crippen molar-refractivity contribution in [2.24, 2.45) is 5.92 Å². The van der Waals surface area contributed by atoms with E-state index in [4.69, 9.17) is 14.2 Å². The van der Waals surface area contributed by atoms with Gasteiger partial charge in [0.15, 0.2) is 16.7 Å². The molecule has 1 heterocycles. The van der Waals surface area contributed by atoms with Gasteiger partial charge in [-0.3, -0.25) is 4.79 Å². The monoisotopic (exact) mass is 450 g/mol. The largest absolute Gasteiger partial charge is 0.493 e. The second-order valence-corrected chi connectivity index (χ2v) is 8.37. The summed E-state index contributed by atoms with van der Waals surface area (Å²) in [5, 5.41) is 12.5. The lowest BCUT2D eigenvalue weighted by atomic mass is 10.1. The number of hydrogen-bond donors (Lipinski definition) is 1. The molecule has 1 aromatic heterocycles.